The molecular weight excluding hydrogens is 332 g/mol. The van der Waals surface area contributed by atoms with Gasteiger partial charge in [-0.3, -0.25) is 9.67 Å². The molecular formula is C19H22N4O3. The van der Waals surface area contributed by atoms with Crippen molar-refractivity contribution in [1.29, 1.82) is 0 Å². The van der Waals surface area contributed by atoms with E-state index in [2.05, 4.69) is 15.1 Å². The average Bonchev–Trinajstić information content (AvgIpc) is 3.07. The lowest BCUT2D eigenvalue weighted by Crippen LogP contribution is -2.06. The number of methoxy groups -OCH3 is 1. The van der Waals surface area contributed by atoms with Crippen molar-refractivity contribution < 1.29 is 14.2 Å². The van der Waals surface area contributed by atoms with Crippen molar-refractivity contribution in [2.45, 2.75) is 13.5 Å². The Morgan fingerprint density at radius 3 is 2.69 bits per heavy atom. The van der Waals surface area contributed by atoms with E-state index in [0.29, 0.717) is 31.5 Å². The molecule has 0 aromatic carbocycles. The molecule has 7 heteroatoms. The van der Waals surface area contributed by atoms with Gasteiger partial charge >= 0.3 is 0 Å². The molecule has 0 radical (unpaired) electrons. The summed E-state index contributed by atoms with van der Waals surface area (Å²) < 4.78 is 18.2. The molecule has 0 saturated heterocycles. The molecule has 0 aliphatic carbocycles. The second-order valence-electron chi connectivity index (χ2n) is 5.77. The fraction of sp³-hybridized carbons (Fsp3) is 0.316. The first-order valence-electron chi connectivity index (χ1n) is 8.32. The number of hydrogen-bond acceptors (Lipinski definition) is 6. The molecule has 3 aromatic rings. The summed E-state index contributed by atoms with van der Waals surface area (Å²) in [6.07, 6.45) is 5.20. The van der Waals surface area contributed by atoms with Crippen LogP contribution >= 0.6 is 0 Å². The molecule has 0 unspecified atom stereocenters. The molecule has 3 rings (SSSR count). The second kappa shape index (κ2) is 8.44. The Balaban J connectivity index is 1.71. The highest BCUT2D eigenvalue weighted by molar-refractivity contribution is 5.58. The van der Waals surface area contributed by atoms with E-state index in [9.17, 15) is 0 Å². The third-order valence-electron chi connectivity index (χ3n) is 3.91. The van der Waals surface area contributed by atoms with Gasteiger partial charge in [-0.1, -0.05) is 6.07 Å². The number of ether oxygens (including phenoxy) is 3. The zero-order valence-electron chi connectivity index (χ0n) is 15.2. The van der Waals surface area contributed by atoms with Crippen LogP contribution in [-0.2, 0) is 18.4 Å². The van der Waals surface area contributed by atoms with Crippen molar-refractivity contribution in [1.82, 2.24) is 19.7 Å². The summed E-state index contributed by atoms with van der Waals surface area (Å²) >= 11 is 0. The molecule has 3 aromatic heterocycles. The minimum atomic E-state index is 0.390. The molecule has 0 N–H and O–H groups in total. The number of pyridine rings is 2. The Morgan fingerprint density at radius 2 is 1.96 bits per heavy atom. The number of aryl methyl sites for hydroxylation is 2. The summed E-state index contributed by atoms with van der Waals surface area (Å²) in [5.74, 6) is 1.27. The smallest absolute Gasteiger partial charge is 0.213 e. The van der Waals surface area contributed by atoms with Crippen molar-refractivity contribution in [3.05, 3.63) is 54.0 Å². The molecule has 0 fully saturated rings. The number of aromatic nitrogens is 4. The van der Waals surface area contributed by atoms with Gasteiger partial charge in [-0.2, -0.15) is 5.10 Å². The highest BCUT2D eigenvalue weighted by atomic mass is 16.5. The van der Waals surface area contributed by atoms with E-state index in [0.717, 1.165) is 22.5 Å². The van der Waals surface area contributed by atoms with Gasteiger partial charge in [0.25, 0.3) is 0 Å². The molecule has 0 aliphatic heterocycles. The van der Waals surface area contributed by atoms with Crippen LogP contribution in [0.3, 0.4) is 0 Å². The van der Waals surface area contributed by atoms with Gasteiger partial charge in [0.1, 0.15) is 19.0 Å². The van der Waals surface area contributed by atoms with Gasteiger partial charge in [-0.25, -0.2) is 4.98 Å². The van der Waals surface area contributed by atoms with Crippen LogP contribution in [0.25, 0.3) is 11.4 Å². The fourth-order valence-electron chi connectivity index (χ4n) is 2.52. The third kappa shape index (κ3) is 4.18. The Bertz CT molecular complexity index is 863. The van der Waals surface area contributed by atoms with E-state index in [1.54, 1.807) is 30.4 Å². The molecule has 7 nitrogen and oxygen atoms in total. The highest BCUT2D eigenvalue weighted by Gasteiger charge is 2.11. The van der Waals surface area contributed by atoms with Crippen LogP contribution in [0.4, 0.5) is 0 Å². The van der Waals surface area contributed by atoms with E-state index in [1.165, 1.54) is 0 Å². The van der Waals surface area contributed by atoms with E-state index >= 15 is 0 Å². The van der Waals surface area contributed by atoms with Gasteiger partial charge < -0.3 is 14.2 Å². The van der Waals surface area contributed by atoms with Crippen LogP contribution in [0.1, 0.15) is 11.1 Å². The molecule has 3 heterocycles. The lowest BCUT2D eigenvalue weighted by atomic mass is 10.1. The van der Waals surface area contributed by atoms with Crippen molar-refractivity contribution in [3.63, 3.8) is 0 Å². The fourth-order valence-corrected chi connectivity index (χ4v) is 2.52. The van der Waals surface area contributed by atoms with Crippen molar-refractivity contribution in [2.75, 3.05) is 20.3 Å². The molecule has 0 atom stereocenters. The maximum Gasteiger partial charge on any atom is 0.213 e. The maximum absolute atomic E-state index is 5.97. The van der Waals surface area contributed by atoms with Crippen molar-refractivity contribution >= 4 is 0 Å². The van der Waals surface area contributed by atoms with Gasteiger partial charge in [0.2, 0.25) is 5.88 Å². The molecule has 0 saturated carbocycles. The Labute approximate surface area is 152 Å². The number of rotatable bonds is 8. The minimum absolute atomic E-state index is 0.390. The predicted octanol–water partition coefficient (Wildman–Crippen LogP) is 2.79. The van der Waals surface area contributed by atoms with Crippen molar-refractivity contribution in [3.8, 4) is 23.0 Å². The second-order valence-corrected chi connectivity index (χ2v) is 5.77. The van der Waals surface area contributed by atoms with E-state index in [-0.39, 0.29) is 0 Å². The van der Waals surface area contributed by atoms with E-state index in [1.807, 2.05) is 38.2 Å². The Hall–Kier alpha value is -2.93. The summed E-state index contributed by atoms with van der Waals surface area (Å²) in [7, 11) is 3.53. The Morgan fingerprint density at radius 1 is 1.08 bits per heavy atom. The lowest BCUT2D eigenvalue weighted by molar-refractivity contribution is 0.143. The highest BCUT2D eigenvalue weighted by Crippen LogP contribution is 2.24. The summed E-state index contributed by atoms with van der Waals surface area (Å²) in [6.45, 7) is 3.34. The van der Waals surface area contributed by atoms with Gasteiger partial charge in [0, 0.05) is 38.2 Å². The van der Waals surface area contributed by atoms with Crippen LogP contribution in [0.5, 0.6) is 11.6 Å². The number of nitrogens with zero attached hydrogens (tertiary/aromatic N) is 4. The summed E-state index contributed by atoms with van der Waals surface area (Å²) in [4.78, 5) is 8.76. The Kier molecular flexibility index (Phi) is 5.80. The topological polar surface area (TPSA) is 71.3 Å². The van der Waals surface area contributed by atoms with Crippen LogP contribution < -0.4 is 9.47 Å². The van der Waals surface area contributed by atoms with E-state index < -0.39 is 0 Å². The maximum atomic E-state index is 5.97. The normalized spacial score (nSPS) is 10.7. The largest absolute Gasteiger partial charge is 0.487 e. The quantitative estimate of drug-likeness (QED) is 0.579. The first-order valence-corrected chi connectivity index (χ1v) is 8.32. The molecule has 0 spiro atoms. The van der Waals surface area contributed by atoms with Gasteiger partial charge in [0.15, 0.2) is 0 Å². The first kappa shape index (κ1) is 17.9. The zero-order chi connectivity index (χ0) is 18.4. The van der Waals surface area contributed by atoms with Crippen molar-refractivity contribution in [2.24, 2.45) is 7.05 Å². The summed E-state index contributed by atoms with van der Waals surface area (Å²) in [5, 5.41) is 4.21. The van der Waals surface area contributed by atoms with Crippen LogP contribution in [0.2, 0.25) is 0 Å². The standard InChI is InChI=1S/C19H22N4O3/c1-14-11-18(25-10-9-24-3)21-12-17(14)26-13-15-5-4-7-20-19(15)16-6-8-22-23(16)2/h4-8,11-12H,9-10,13H2,1-3H3. The third-order valence-corrected chi connectivity index (χ3v) is 3.91. The predicted molar refractivity (Wildman–Crippen MR) is 97.1 cm³/mol. The lowest BCUT2D eigenvalue weighted by Gasteiger charge is -2.13. The molecule has 0 amide bonds. The minimum Gasteiger partial charge on any atom is -0.487 e. The summed E-state index contributed by atoms with van der Waals surface area (Å²) in [5.41, 5.74) is 3.74. The number of hydrogen-bond donors (Lipinski definition) is 0. The van der Waals surface area contributed by atoms with Gasteiger partial charge in [-0.05, 0) is 24.6 Å². The molecule has 0 aliphatic rings. The SMILES string of the molecule is COCCOc1cc(C)c(OCc2cccnc2-c2ccnn2C)cn1. The van der Waals surface area contributed by atoms with E-state index in [4.69, 9.17) is 14.2 Å². The molecule has 0 bridgehead atoms. The van der Waals surface area contributed by atoms with Crippen LogP contribution in [0.15, 0.2) is 42.9 Å². The average molecular weight is 354 g/mol. The van der Waals surface area contributed by atoms with Gasteiger partial charge in [0.05, 0.1) is 24.2 Å². The monoisotopic (exact) mass is 354 g/mol. The van der Waals surface area contributed by atoms with Crippen LogP contribution in [-0.4, -0.2) is 40.1 Å². The molecule has 136 valence electrons. The molecule has 26 heavy (non-hydrogen) atoms. The zero-order valence-corrected chi connectivity index (χ0v) is 15.2. The first-order chi connectivity index (χ1) is 12.7. The van der Waals surface area contributed by atoms with Crippen LogP contribution in [0, 0.1) is 6.92 Å². The summed E-state index contributed by atoms with van der Waals surface area (Å²) in [6, 6.07) is 7.69. The van der Waals surface area contributed by atoms with Gasteiger partial charge in [-0.15, -0.1) is 0 Å².